The molecule has 0 atom stereocenters. The van der Waals surface area contributed by atoms with E-state index in [2.05, 4.69) is 30.8 Å². The number of hydrogen-bond donors (Lipinski definition) is 5. The van der Waals surface area contributed by atoms with Crippen molar-refractivity contribution in [1.82, 2.24) is 20.2 Å². The zero-order valence-corrected chi connectivity index (χ0v) is 20.5. The van der Waals surface area contributed by atoms with Crippen LogP contribution in [0.4, 0.5) is 36.2 Å². The molecule has 0 unspecified atom stereocenters. The Kier molecular flexibility index (Phi) is 6.10. The number of anilines is 4. The van der Waals surface area contributed by atoms with E-state index < -0.39 is 17.8 Å². The van der Waals surface area contributed by atoms with Crippen LogP contribution in [0.25, 0.3) is 21.9 Å². The van der Waals surface area contributed by atoms with Crippen molar-refractivity contribution in [2.45, 2.75) is 25.1 Å². The number of halogens is 3. The van der Waals surface area contributed by atoms with Gasteiger partial charge in [-0.05, 0) is 55.3 Å². The number of aromatic amines is 2. The maximum absolute atomic E-state index is 13.5. The van der Waals surface area contributed by atoms with E-state index in [-0.39, 0.29) is 17.5 Å². The van der Waals surface area contributed by atoms with Crippen LogP contribution in [-0.2, 0) is 6.18 Å². The number of aliphatic hydroxyl groups is 1. The number of benzene rings is 3. The quantitative estimate of drug-likeness (QED) is 0.205. The van der Waals surface area contributed by atoms with Crippen molar-refractivity contribution < 1.29 is 23.1 Å². The molecule has 6 rings (SSSR count). The summed E-state index contributed by atoms with van der Waals surface area (Å²) in [5.41, 5.74) is 2.37. The average molecular weight is 536 g/mol. The molecule has 3 heterocycles. The van der Waals surface area contributed by atoms with E-state index in [4.69, 9.17) is 0 Å². The molecular weight excluding hydrogens is 511 g/mol. The molecule has 12 heteroatoms. The van der Waals surface area contributed by atoms with Crippen LogP contribution in [0.5, 0.6) is 0 Å². The number of imidazole rings is 1. The van der Waals surface area contributed by atoms with Gasteiger partial charge >= 0.3 is 6.18 Å². The lowest BCUT2D eigenvalue weighted by atomic mass is 10.0. The smallest absolute Gasteiger partial charge is 0.393 e. The summed E-state index contributed by atoms with van der Waals surface area (Å²) in [5, 5.41) is 23.4. The molecule has 5 N–H and O–H groups in total. The lowest BCUT2D eigenvalue weighted by molar-refractivity contribution is -0.136. The number of rotatable bonds is 5. The van der Waals surface area contributed by atoms with Gasteiger partial charge in [0.1, 0.15) is 0 Å². The van der Waals surface area contributed by atoms with Crippen molar-refractivity contribution in [3.05, 3.63) is 71.9 Å². The summed E-state index contributed by atoms with van der Waals surface area (Å²) in [6.07, 6.45) is -2.15. The highest BCUT2D eigenvalue weighted by Crippen LogP contribution is 2.36. The maximum Gasteiger partial charge on any atom is 0.418 e. The molecule has 1 fully saturated rings. The molecule has 39 heavy (non-hydrogen) atoms. The van der Waals surface area contributed by atoms with Gasteiger partial charge in [-0.25, -0.2) is 4.98 Å². The number of piperidine rings is 1. The Bertz CT molecular complexity index is 1670. The first-order valence-corrected chi connectivity index (χ1v) is 12.4. The van der Waals surface area contributed by atoms with Crippen LogP contribution >= 0.6 is 0 Å². The Morgan fingerprint density at radius 2 is 1.85 bits per heavy atom. The topological polar surface area (TPSA) is 122 Å². The van der Waals surface area contributed by atoms with Crippen LogP contribution < -0.4 is 15.5 Å². The van der Waals surface area contributed by atoms with Crippen molar-refractivity contribution in [2.24, 2.45) is 0 Å². The predicted octanol–water partition coefficient (Wildman–Crippen LogP) is 5.42. The van der Waals surface area contributed by atoms with Crippen LogP contribution in [0.15, 0.2) is 60.8 Å². The molecule has 1 amide bonds. The lowest BCUT2D eigenvalue weighted by Gasteiger charge is -2.32. The fraction of sp³-hybridized carbons (Fsp3) is 0.222. The summed E-state index contributed by atoms with van der Waals surface area (Å²) in [5.74, 6) is -0.243. The van der Waals surface area contributed by atoms with E-state index in [1.54, 1.807) is 30.5 Å². The number of para-hydroxylation sites is 1. The Hall–Kier alpha value is -4.58. The molecule has 5 aromatic rings. The monoisotopic (exact) mass is 535 g/mol. The number of amides is 1. The van der Waals surface area contributed by atoms with Crippen LogP contribution in [0.1, 0.15) is 28.8 Å². The normalized spacial score (nSPS) is 14.7. The van der Waals surface area contributed by atoms with Crippen molar-refractivity contribution in [3.63, 3.8) is 0 Å². The zero-order chi connectivity index (χ0) is 27.1. The number of nitrogens with zero attached hydrogens (tertiary/aromatic N) is 3. The average Bonchev–Trinajstić information content (AvgIpc) is 3.53. The minimum absolute atomic E-state index is 0.115. The summed E-state index contributed by atoms with van der Waals surface area (Å²) in [6.45, 7) is 1.09. The number of carbonyl (C=O) groups excluding carboxylic acids is 1. The lowest BCUT2D eigenvalue weighted by Crippen LogP contribution is -2.37. The first-order chi connectivity index (χ1) is 18.7. The van der Waals surface area contributed by atoms with E-state index in [1.165, 1.54) is 18.2 Å². The highest BCUT2D eigenvalue weighted by molar-refractivity contribution is 6.11. The van der Waals surface area contributed by atoms with Gasteiger partial charge in [-0.3, -0.25) is 9.89 Å². The summed E-state index contributed by atoms with van der Waals surface area (Å²) in [7, 11) is 0. The number of nitrogens with one attached hydrogen (secondary N) is 4. The summed E-state index contributed by atoms with van der Waals surface area (Å²) in [6, 6.07) is 14.0. The van der Waals surface area contributed by atoms with E-state index >= 15 is 0 Å². The molecular formula is C27H24F3N7O2. The summed E-state index contributed by atoms with van der Waals surface area (Å²) >= 11 is 0. The summed E-state index contributed by atoms with van der Waals surface area (Å²) < 4.78 is 40.5. The van der Waals surface area contributed by atoms with Crippen LogP contribution in [0.3, 0.4) is 0 Å². The van der Waals surface area contributed by atoms with Gasteiger partial charge in [0.15, 0.2) is 0 Å². The standard InChI is InChI=1S/C27H24F3N7O2/c28-27(29,30)19-3-1-2-4-20(19)33-26-34-22-12-18(24(13-23(22)35-26)37-9-7-17(38)8-10-37)25(39)32-16-6-5-15-14-31-36-21(15)11-16/h1-6,11-14,17,38H,7-10H2,(H,31,36)(H,32,39)(H2,33,34,35). The minimum atomic E-state index is -4.54. The van der Waals surface area contributed by atoms with Crippen molar-refractivity contribution in [2.75, 3.05) is 28.6 Å². The molecule has 1 saturated heterocycles. The SMILES string of the molecule is O=C(Nc1ccc2cn[nH]c2c1)c1cc2[nH]c(Nc3ccccc3C(F)(F)F)nc2cc1N1CCC(O)CC1. The number of alkyl halides is 3. The largest absolute Gasteiger partial charge is 0.418 e. The fourth-order valence-corrected chi connectivity index (χ4v) is 4.84. The van der Waals surface area contributed by atoms with Gasteiger partial charge in [0.2, 0.25) is 5.95 Å². The molecule has 9 nitrogen and oxygen atoms in total. The molecule has 0 bridgehead atoms. The van der Waals surface area contributed by atoms with Crippen molar-refractivity contribution >= 4 is 50.9 Å². The van der Waals surface area contributed by atoms with Crippen LogP contribution in [0, 0.1) is 0 Å². The Balaban J connectivity index is 1.36. The highest BCUT2D eigenvalue weighted by Gasteiger charge is 2.33. The summed E-state index contributed by atoms with van der Waals surface area (Å²) in [4.78, 5) is 23.0. The third-order valence-electron chi connectivity index (χ3n) is 6.83. The second kappa shape index (κ2) is 9.62. The molecule has 2 aromatic heterocycles. The first-order valence-electron chi connectivity index (χ1n) is 12.4. The van der Waals surface area contributed by atoms with Crippen LogP contribution in [0.2, 0.25) is 0 Å². The van der Waals surface area contributed by atoms with Gasteiger partial charge in [-0.15, -0.1) is 0 Å². The number of carbonyl (C=O) groups is 1. The molecule has 200 valence electrons. The van der Waals surface area contributed by atoms with Crippen molar-refractivity contribution in [1.29, 1.82) is 0 Å². The minimum Gasteiger partial charge on any atom is -0.393 e. The van der Waals surface area contributed by atoms with Gasteiger partial charge in [0.05, 0.1) is 51.4 Å². The Labute approximate surface area is 220 Å². The first kappa shape index (κ1) is 24.7. The molecule has 0 radical (unpaired) electrons. The molecule has 1 aliphatic heterocycles. The Morgan fingerprint density at radius 3 is 2.64 bits per heavy atom. The van der Waals surface area contributed by atoms with Crippen molar-refractivity contribution in [3.8, 4) is 0 Å². The number of aromatic nitrogens is 4. The molecule has 0 saturated carbocycles. The highest BCUT2D eigenvalue weighted by atomic mass is 19.4. The predicted molar refractivity (Wildman–Crippen MR) is 142 cm³/mol. The van der Waals surface area contributed by atoms with Gasteiger partial charge in [0.25, 0.3) is 5.91 Å². The van der Waals surface area contributed by atoms with E-state index in [0.717, 1.165) is 17.0 Å². The Morgan fingerprint density at radius 1 is 1.05 bits per heavy atom. The number of fused-ring (bicyclic) bond motifs is 2. The number of H-pyrrole nitrogens is 2. The number of aliphatic hydroxyl groups excluding tert-OH is 1. The van der Waals surface area contributed by atoms with E-state index in [1.807, 2.05) is 11.0 Å². The zero-order valence-electron chi connectivity index (χ0n) is 20.5. The fourth-order valence-electron chi connectivity index (χ4n) is 4.84. The third kappa shape index (κ3) is 4.98. The van der Waals surface area contributed by atoms with E-state index in [9.17, 15) is 23.1 Å². The molecule has 0 aliphatic carbocycles. The molecule has 1 aliphatic rings. The van der Waals surface area contributed by atoms with Gasteiger partial charge in [-0.2, -0.15) is 18.3 Å². The van der Waals surface area contributed by atoms with E-state index in [0.29, 0.717) is 53.9 Å². The van der Waals surface area contributed by atoms with Crippen LogP contribution in [-0.4, -0.2) is 50.4 Å². The second-order valence-electron chi connectivity index (χ2n) is 9.48. The van der Waals surface area contributed by atoms with Gasteiger partial charge in [-0.1, -0.05) is 12.1 Å². The van der Waals surface area contributed by atoms with Gasteiger partial charge in [0, 0.05) is 24.2 Å². The third-order valence-corrected chi connectivity index (χ3v) is 6.83. The molecule has 0 spiro atoms. The molecule has 3 aromatic carbocycles. The van der Waals surface area contributed by atoms with Gasteiger partial charge < -0.3 is 25.6 Å². The maximum atomic E-state index is 13.5. The second-order valence-corrected chi connectivity index (χ2v) is 9.48. The number of hydrogen-bond acceptors (Lipinski definition) is 6.